The number of nitrogens with zero attached hydrogens (tertiary/aromatic N) is 2. The summed E-state index contributed by atoms with van der Waals surface area (Å²) in [6.07, 6.45) is 0.146. The van der Waals surface area contributed by atoms with Crippen molar-refractivity contribution in [2.75, 3.05) is 12.4 Å². The van der Waals surface area contributed by atoms with Gasteiger partial charge in [-0.3, -0.25) is 14.5 Å². The van der Waals surface area contributed by atoms with E-state index in [-0.39, 0.29) is 18.2 Å². The molecule has 1 saturated heterocycles. The van der Waals surface area contributed by atoms with E-state index in [9.17, 15) is 9.59 Å². The molecule has 2 aromatic carbocycles. The lowest BCUT2D eigenvalue weighted by Gasteiger charge is -2.28. The first-order valence-electron chi connectivity index (χ1n) is 8.49. The number of anilines is 1. The first kappa shape index (κ1) is 19.6. The first-order valence-corrected chi connectivity index (χ1v) is 10.2. The fraction of sp³-hybridized carbons (Fsp3) is 0.250. The van der Waals surface area contributed by atoms with Crippen LogP contribution in [0.3, 0.4) is 0 Å². The Morgan fingerprint density at radius 2 is 2.00 bits per heavy atom. The molecule has 0 aromatic heterocycles. The molecule has 2 amide bonds. The smallest absolute Gasteiger partial charge is 0.238 e. The van der Waals surface area contributed by atoms with Crippen molar-refractivity contribution in [3.8, 4) is 0 Å². The highest BCUT2D eigenvalue weighted by Gasteiger charge is 2.34. The van der Waals surface area contributed by atoms with Crippen LogP contribution in [-0.2, 0) is 9.59 Å². The molecule has 1 atom stereocenters. The zero-order chi connectivity index (χ0) is 19.6. The van der Waals surface area contributed by atoms with Crippen LogP contribution in [0, 0.1) is 13.8 Å². The number of hydrogen-bond donors (Lipinski definition) is 1. The van der Waals surface area contributed by atoms with Gasteiger partial charge in [-0.15, -0.1) is 0 Å². The minimum atomic E-state index is -0.516. The molecule has 1 aliphatic heterocycles. The van der Waals surface area contributed by atoms with Gasteiger partial charge in [0.15, 0.2) is 5.17 Å². The third kappa shape index (κ3) is 4.78. The predicted molar refractivity (Wildman–Crippen MR) is 115 cm³/mol. The van der Waals surface area contributed by atoms with Gasteiger partial charge in [0.2, 0.25) is 11.8 Å². The lowest BCUT2D eigenvalue weighted by atomic mass is 10.1. The van der Waals surface area contributed by atoms with Gasteiger partial charge in [-0.2, -0.15) is 0 Å². The normalized spacial score (nSPS) is 18.7. The third-order valence-corrected chi connectivity index (χ3v) is 6.10. The number of rotatable bonds is 3. The molecular formula is C20H20BrN3O2S. The summed E-state index contributed by atoms with van der Waals surface area (Å²) in [6.45, 7) is 4.07. The maximum Gasteiger partial charge on any atom is 0.238 e. The van der Waals surface area contributed by atoms with E-state index in [1.807, 2.05) is 56.3 Å². The Hall–Kier alpha value is -2.12. The Morgan fingerprint density at radius 1 is 1.22 bits per heavy atom. The van der Waals surface area contributed by atoms with Crippen LogP contribution in [0.5, 0.6) is 0 Å². The Bertz CT molecular complexity index is 929. The van der Waals surface area contributed by atoms with Gasteiger partial charge >= 0.3 is 0 Å². The summed E-state index contributed by atoms with van der Waals surface area (Å²) in [4.78, 5) is 31.2. The van der Waals surface area contributed by atoms with Gasteiger partial charge in [0.1, 0.15) is 5.25 Å². The number of halogens is 1. The number of amides is 2. The minimum Gasteiger partial charge on any atom is -0.325 e. The van der Waals surface area contributed by atoms with Crippen molar-refractivity contribution < 1.29 is 9.59 Å². The number of nitrogens with one attached hydrogen (secondary N) is 1. The highest BCUT2D eigenvalue weighted by atomic mass is 79.9. The molecule has 1 N–H and O–H groups in total. The minimum absolute atomic E-state index is 0.120. The van der Waals surface area contributed by atoms with E-state index in [1.165, 1.54) is 22.2 Å². The van der Waals surface area contributed by atoms with Gasteiger partial charge in [-0.05, 0) is 55.3 Å². The van der Waals surface area contributed by atoms with Crippen molar-refractivity contribution in [1.82, 2.24) is 4.90 Å². The Morgan fingerprint density at radius 3 is 2.70 bits per heavy atom. The van der Waals surface area contributed by atoms with Crippen molar-refractivity contribution in [3.05, 3.63) is 58.1 Å². The summed E-state index contributed by atoms with van der Waals surface area (Å²) in [5.41, 5.74) is 3.78. The zero-order valence-electron chi connectivity index (χ0n) is 15.3. The van der Waals surface area contributed by atoms with Crippen LogP contribution in [0.25, 0.3) is 0 Å². The van der Waals surface area contributed by atoms with Crippen LogP contribution in [0.1, 0.15) is 17.5 Å². The number of carbonyl (C=O) groups is 2. The highest BCUT2D eigenvalue weighted by Crippen LogP contribution is 2.29. The molecular weight excluding hydrogens is 426 g/mol. The molecule has 1 heterocycles. The van der Waals surface area contributed by atoms with Gasteiger partial charge in [0.25, 0.3) is 0 Å². The molecule has 0 spiro atoms. The van der Waals surface area contributed by atoms with Gasteiger partial charge < -0.3 is 5.32 Å². The van der Waals surface area contributed by atoms with Crippen molar-refractivity contribution in [3.63, 3.8) is 0 Å². The van der Waals surface area contributed by atoms with Crippen molar-refractivity contribution in [2.24, 2.45) is 4.99 Å². The second-order valence-electron chi connectivity index (χ2n) is 6.43. The number of aryl methyl sites for hydroxylation is 2. The molecule has 5 nitrogen and oxygen atoms in total. The molecule has 1 aliphatic rings. The number of aliphatic imine (C=N–C) groups is 1. The van der Waals surface area contributed by atoms with Gasteiger partial charge in [-0.25, -0.2) is 4.99 Å². The van der Waals surface area contributed by atoms with Crippen LogP contribution in [-0.4, -0.2) is 34.2 Å². The van der Waals surface area contributed by atoms with Crippen LogP contribution >= 0.6 is 27.7 Å². The average molecular weight is 446 g/mol. The summed E-state index contributed by atoms with van der Waals surface area (Å²) in [6, 6.07) is 13.3. The van der Waals surface area contributed by atoms with E-state index in [0.717, 1.165) is 15.7 Å². The number of amidine groups is 1. The quantitative estimate of drug-likeness (QED) is 0.747. The van der Waals surface area contributed by atoms with E-state index in [2.05, 4.69) is 26.2 Å². The summed E-state index contributed by atoms with van der Waals surface area (Å²) >= 11 is 4.70. The van der Waals surface area contributed by atoms with E-state index in [4.69, 9.17) is 0 Å². The summed E-state index contributed by atoms with van der Waals surface area (Å²) < 4.78 is 0.879. The lowest BCUT2D eigenvalue weighted by Crippen LogP contribution is -2.43. The topological polar surface area (TPSA) is 61.8 Å². The van der Waals surface area contributed by atoms with Crippen LogP contribution in [0.2, 0.25) is 0 Å². The number of benzene rings is 2. The molecule has 0 saturated carbocycles. The molecule has 7 heteroatoms. The predicted octanol–water partition coefficient (Wildman–Crippen LogP) is 4.66. The molecule has 0 bridgehead atoms. The van der Waals surface area contributed by atoms with Gasteiger partial charge in [0.05, 0.1) is 5.69 Å². The van der Waals surface area contributed by atoms with Gasteiger partial charge in [0, 0.05) is 23.6 Å². The standard InChI is InChI=1S/C20H20BrN3O2S/c1-12-7-8-16(9-13(12)2)23-20-24(3)18(25)11-17(27-20)19(26)22-15-6-4-5-14(21)10-15/h4-10,17H,11H2,1-3H3,(H,22,26). The molecule has 0 aliphatic carbocycles. The largest absolute Gasteiger partial charge is 0.325 e. The molecule has 0 radical (unpaired) electrons. The van der Waals surface area contributed by atoms with E-state index >= 15 is 0 Å². The molecule has 3 rings (SSSR count). The van der Waals surface area contributed by atoms with E-state index in [1.54, 1.807) is 7.05 Å². The lowest BCUT2D eigenvalue weighted by molar-refractivity contribution is -0.128. The maximum absolute atomic E-state index is 12.7. The van der Waals surface area contributed by atoms with Crippen molar-refractivity contribution >= 4 is 56.0 Å². The fourth-order valence-electron chi connectivity index (χ4n) is 2.59. The van der Waals surface area contributed by atoms with Crippen LogP contribution in [0.15, 0.2) is 51.9 Å². The van der Waals surface area contributed by atoms with Crippen LogP contribution in [0.4, 0.5) is 11.4 Å². The van der Waals surface area contributed by atoms with Crippen molar-refractivity contribution in [2.45, 2.75) is 25.5 Å². The molecule has 2 aromatic rings. The molecule has 27 heavy (non-hydrogen) atoms. The number of hydrogen-bond acceptors (Lipinski definition) is 4. The van der Waals surface area contributed by atoms with Crippen LogP contribution < -0.4 is 5.32 Å². The van der Waals surface area contributed by atoms with Gasteiger partial charge in [-0.1, -0.05) is 39.8 Å². The average Bonchev–Trinajstić information content (AvgIpc) is 2.62. The molecule has 1 fully saturated rings. The Kier molecular flexibility index (Phi) is 6.01. The number of thioether (sulfide) groups is 1. The second-order valence-corrected chi connectivity index (χ2v) is 8.51. The summed E-state index contributed by atoms with van der Waals surface area (Å²) in [7, 11) is 1.69. The SMILES string of the molecule is Cc1ccc(N=C2SC(C(=O)Nc3cccc(Br)c3)CC(=O)N2C)cc1C. The maximum atomic E-state index is 12.7. The zero-order valence-corrected chi connectivity index (χ0v) is 17.7. The number of carbonyl (C=O) groups excluding carboxylic acids is 2. The monoisotopic (exact) mass is 445 g/mol. The highest BCUT2D eigenvalue weighted by molar-refractivity contribution is 9.10. The first-order chi connectivity index (χ1) is 12.8. The Balaban J connectivity index is 1.80. The summed E-state index contributed by atoms with van der Waals surface area (Å²) in [5.74, 6) is -0.321. The van der Waals surface area contributed by atoms with Crippen molar-refractivity contribution in [1.29, 1.82) is 0 Å². The molecule has 140 valence electrons. The van der Waals surface area contributed by atoms with E-state index in [0.29, 0.717) is 10.9 Å². The summed E-state index contributed by atoms with van der Waals surface area (Å²) in [5, 5.41) is 2.89. The van der Waals surface area contributed by atoms with E-state index < -0.39 is 5.25 Å². The third-order valence-electron chi connectivity index (χ3n) is 4.37. The fourth-order valence-corrected chi connectivity index (χ4v) is 4.06. The molecule has 1 unspecified atom stereocenters. The Labute approximate surface area is 171 Å². The second kappa shape index (κ2) is 8.27.